The number of methoxy groups -OCH3 is 1. The van der Waals surface area contributed by atoms with E-state index in [1.165, 1.54) is 48.4 Å². The molecule has 3 N–H and O–H groups in total. The van der Waals surface area contributed by atoms with Gasteiger partial charge >= 0.3 is 5.97 Å². The van der Waals surface area contributed by atoms with Crippen LogP contribution in [0.1, 0.15) is 22.3 Å². The van der Waals surface area contributed by atoms with E-state index in [1.54, 1.807) is 6.07 Å². The fourth-order valence-corrected chi connectivity index (χ4v) is 3.73. The Labute approximate surface area is 167 Å². The standard InChI is InChI=1S/C21H22FNO6/c1-29-17-9-14(8-16(24)10-17)19(26)23-6-5-18(25)21(12-23,20(27)28)11-13-3-2-4-15(22)7-13/h2-4,7-10,18,24-25H,5-6,11-12H2,1H3,(H,27,28)/t18-,21+/m0/s1. The van der Waals surface area contributed by atoms with Gasteiger partial charge in [0.15, 0.2) is 0 Å². The zero-order valence-corrected chi connectivity index (χ0v) is 15.8. The van der Waals surface area contributed by atoms with E-state index in [0.717, 1.165) is 0 Å². The normalized spacial score (nSPS) is 21.6. The van der Waals surface area contributed by atoms with Gasteiger partial charge in [0.1, 0.15) is 22.7 Å². The number of aliphatic hydroxyl groups excluding tert-OH is 1. The molecule has 2 aromatic carbocycles. The fourth-order valence-electron chi connectivity index (χ4n) is 3.73. The lowest BCUT2D eigenvalue weighted by molar-refractivity contribution is -0.161. The highest BCUT2D eigenvalue weighted by Gasteiger charge is 2.50. The first-order valence-corrected chi connectivity index (χ1v) is 9.08. The summed E-state index contributed by atoms with van der Waals surface area (Å²) in [6, 6.07) is 9.59. The molecule has 2 aromatic rings. The van der Waals surface area contributed by atoms with Gasteiger partial charge in [-0.2, -0.15) is 0 Å². The molecule has 1 saturated heterocycles. The number of rotatable bonds is 5. The number of hydrogen-bond acceptors (Lipinski definition) is 5. The van der Waals surface area contributed by atoms with E-state index in [-0.39, 0.29) is 43.0 Å². The molecule has 0 bridgehead atoms. The van der Waals surface area contributed by atoms with E-state index in [4.69, 9.17) is 4.74 Å². The molecular formula is C21H22FNO6. The highest BCUT2D eigenvalue weighted by atomic mass is 19.1. The number of ether oxygens (including phenoxy) is 1. The average Bonchev–Trinajstić information content (AvgIpc) is 2.68. The maximum atomic E-state index is 13.6. The van der Waals surface area contributed by atoms with Gasteiger partial charge < -0.3 is 25.0 Å². The molecular weight excluding hydrogens is 381 g/mol. The van der Waals surface area contributed by atoms with Gasteiger partial charge in [-0.25, -0.2) is 4.39 Å². The Bertz CT molecular complexity index is 933. The van der Waals surface area contributed by atoms with Crippen molar-refractivity contribution in [3.8, 4) is 11.5 Å². The highest BCUT2D eigenvalue weighted by Crippen LogP contribution is 2.36. The van der Waals surface area contributed by atoms with Crippen LogP contribution in [0, 0.1) is 11.2 Å². The molecule has 1 fully saturated rings. The molecule has 1 amide bonds. The summed E-state index contributed by atoms with van der Waals surface area (Å²) in [5.74, 6) is -2.13. The Balaban J connectivity index is 1.92. The Morgan fingerprint density at radius 2 is 2.03 bits per heavy atom. The summed E-state index contributed by atoms with van der Waals surface area (Å²) in [4.78, 5) is 26.5. The topological polar surface area (TPSA) is 107 Å². The third kappa shape index (κ3) is 4.17. The summed E-state index contributed by atoms with van der Waals surface area (Å²) < 4.78 is 18.6. The zero-order chi connectivity index (χ0) is 21.2. The Hall–Kier alpha value is -3.13. The molecule has 7 nitrogen and oxygen atoms in total. The molecule has 3 rings (SSSR count). The largest absolute Gasteiger partial charge is 0.508 e. The summed E-state index contributed by atoms with van der Waals surface area (Å²) in [6.07, 6.45) is -1.27. The number of phenols is 1. The van der Waals surface area contributed by atoms with Crippen molar-refractivity contribution >= 4 is 11.9 Å². The number of phenolic OH excluding ortho intramolecular Hbond substituents is 1. The van der Waals surface area contributed by atoms with Crippen molar-refractivity contribution < 1.29 is 34.0 Å². The second-order valence-corrected chi connectivity index (χ2v) is 7.22. The third-order valence-corrected chi connectivity index (χ3v) is 5.28. The first-order valence-electron chi connectivity index (χ1n) is 9.08. The van der Waals surface area contributed by atoms with Crippen molar-refractivity contribution in [2.24, 2.45) is 5.41 Å². The van der Waals surface area contributed by atoms with Gasteiger partial charge in [0, 0.05) is 24.7 Å². The number of halogens is 1. The number of carboxylic acids is 1. The van der Waals surface area contributed by atoms with Crippen LogP contribution in [0.25, 0.3) is 0 Å². The molecule has 8 heteroatoms. The van der Waals surface area contributed by atoms with Gasteiger partial charge in [-0.3, -0.25) is 9.59 Å². The highest BCUT2D eigenvalue weighted by molar-refractivity contribution is 5.95. The maximum Gasteiger partial charge on any atom is 0.314 e. The number of carbonyl (C=O) groups excluding carboxylic acids is 1. The van der Waals surface area contributed by atoms with Crippen LogP contribution in [-0.4, -0.2) is 58.4 Å². The summed E-state index contributed by atoms with van der Waals surface area (Å²) >= 11 is 0. The van der Waals surface area contributed by atoms with Gasteiger partial charge in [0.05, 0.1) is 13.2 Å². The lowest BCUT2D eigenvalue weighted by atomic mass is 9.72. The summed E-state index contributed by atoms with van der Waals surface area (Å²) in [7, 11) is 1.40. The van der Waals surface area contributed by atoms with E-state index in [9.17, 15) is 29.3 Å². The Kier molecular flexibility index (Phi) is 5.74. The van der Waals surface area contributed by atoms with Crippen LogP contribution >= 0.6 is 0 Å². The number of piperidine rings is 1. The van der Waals surface area contributed by atoms with Gasteiger partial charge in [-0.05, 0) is 42.7 Å². The molecule has 0 aromatic heterocycles. The van der Waals surface area contributed by atoms with Crippen LogP contribution in [0.4, 0.5) is 4.39 Å². The lowest BCUT2D eigenvalue weighted by Gasteiger charge is -2.43. The lowest BCUT2D eigenvalue weighted by Crippen LogP contribution is -2.58. The van der Waals surface area contributed by atoms with Crippen molar-refractivity contribution in [1.82, 2.24) is 4.90 Å². The number of amides is 1. The predicted octanol–water partition coefficient (Wildman–Crippen LogP) is 2.06. The quantitative estimate of drug-likeness (QED) is 0.706. The number of benzene rings is 2. The van der Waals surface area contributed by atoms with E-state index >= 15 is 0 Å². The molecule has 1 aliphatic rings. The number of carboxylic acid groups (broad SMARTS) is 1. The minimum Gasteiger partial charge on any atom is -0.508 e. The molecule has 0 radical (unpaired) electrons. The third-order valence-electron chi connectivity index (χ3n) is 5.28. The molecule has 1 aliphatic heterocycles. The van der Waals surface area contributed by atoms with Crippen LogP contribution < -0.4 is 4.74 Å². The van der Waals surface area contributed by atoms with Crippen LogP contribution in [0.15, 0.2) is 42.5 Å². The maximum absolute atomic E-state index is 13.6. The van der Waals surface area contributed by atoms with Crippen molar-refractivity contribution in [2.45, 2.75) is 18.9 Å². The van der Waals surface area contributed by atoms with Crippen molar-refractivity contribution in [3.63, 3.8) is 0 Å². The van der Waals surface area contributed by atoms with E-state index < -0.39 is 29.2 Å². The molecule has 1 heterocycles. The second-order valence-electron chi connectivity index (χ2n) is 7.22. The van der Waals surface area contributed by atoms with Gasteiger partial charge in [0.25, 0.3) is 5.91 Å². The van der Waals surface area contributed by atoms with Crippen LogP contribution in [-0.2, 0) is 11.2 Å². The molecule has 0 saturated carbocycles. The first kappa shape index (κ1) is 20.6. The summed E-state index contributed by atoms with van der Waals surface area (Å²) in [5.41, 5.74) is -1.12. The van der Waals surface area contributed by atoms with Crippen molar-refractivity contribution in [1.29, 1.82) is 0 Å². The number of likely N-dealkylation sites (tertiary alicyclic amines) is 1. The molecule has 29 heavy (non-hydrogen) atoms. The Morgan fingerprint density at radius 3 is 2.69 bits per heavy atom. The minimum absolute atomic E-state index is 0.0588. The van der Waals surface area contributed by atoms with Gasteiger partial charge in [-0.1, -0.05) is 12.1 Å². The zero-order valence-electron chi connectivity index (χ0n) is 15.8. The first-order chi connectivity index (χ1) is 13.7. The molecule has 2 atom stereocenters. The van der Waals surface area contributed by atoms with Crippen LogP contribution in [0.2, 0.25) is 0 Å². The number of carbonyl (C=O) groups is 2. The summed E-state index contributed by atoms with van der Waals surface area (Å²) in [6.45, 7) is -0.104. The number of hydrogen-bond donors (Lipinski definition) is 3. The van der Waals surface area contributed by atoms with Gasteiger partial charge in [-0.15, -0.1) is 0 Å². The van der Waals surface area contributed by atoms with Crippen LogP contribution in [0.5, 0.6) is 11.5 Å². The predicted molar refractivity (Wildman–Crippen MR) is 101 cm³/mol. The fraction of sp³-hybridized carbons (Fsp3) is 0.333. The molecule has 0 aliphatic carbocycles. The number of aromatic hydroxyl groups is 1. The van der Waals surface area contributed by atoms with Crippen molar-refractivity contribution in [2.75, 3.05) is 20.2 Å². The SMILES string of the molecule is COc1cc(O)cc(C(=O)N2CC[C@H](O)[C@](Cc3cccc(F)c3)(C(=O)O)C2)c1. The average molecular weight is 403 g/mol. The smallest absolute Gasteiger partial charge is 0.314 e. The monoisotopic (exact) mass is 403 g/mol. The van der Waals surface area contributed by atoms with Crippen molar-refractivity contribution in [3.05, 3.63) is 59.4 Å². The number of aliphatic carboxylic acids is 1. The number of nitrogens with zero attached hydrogens (tertiary/aromatic N) is 1. The molecule has 0 spiro atoms. The van der Waals surface area contributed by atoms with E-state index in [0.29, 0.717) is 5.56 Å². The molecule has 0 unspecified atom stereocenters. The summed E-state index contributed by atoms with van der Waals surface area (Å²) in [5, 5.41) is 30.3. The van der Waals surface area contributed by atoms with E-state index in [2.05, 4.69) is 0 Å². The number of aliphatic hydroxyl groups is 1. The van der Waals surface area contributed by atoms with E-state index in [1.807, 2.05) is 0 Å². The minimum atomic E-state index is -1.68. The van der Waals surface area contributed by atoms with Crippen LogP contribution in [0.3, 0.4) is 0 Å². The van der Waals surface area contributed by atoms with Gasteiger partial charge in [0.2, 0.25) is 0 Å². The Morgan fingerprint density at radius 1 is 1.28 bits per heavy atom. The molecule has 154 valence electrons. The second kappa shape index (κ2) is 8.08.